The summed E-state index contributed by atoms with van der Waals surface area (Å²) in [7, 11) is -3.56. The van der Waals surface area contributed by atoms with E-state index in [1.807, 2.05) is 0 Å². The standard InChI is InChI=1S/C11H17N3O3S/c1-11(2,3)18(16,17)14-9-7-5-4-6-8(9)10(12)13-15/h4-7,14-15H,1-3H3,(H2,12,13). The van der Waals surface area contributed by atoms with Gasteiger partial charge in [-0.25, -0.2) is 8.42 Å². The molecule has 6 nitrogen and oxygen atoms in total. The highest BCUT2D eigenvalue weighted by Gasteiger charge is 2.29. The van der Waals surface area contributed by atoms with Crippen molar-refractivity contribution in [1.82, 2.24) is 0 Å². The van der Waals surface area contributed by atoms with Gasteiger partial charge in [-0.15, -0.1) is 0 Å². The molecule has 0 heterocycles. The molecular formula is C11H17N3O3S. The van der Waals surface area contributed by atoms with Crippen LogP contribution in [0.5, 0.6) is 0 Å². The quantitative estimate of drug-likeness (QED) is 0.334. The van der Waals surface area contributed by atoms with E-state index >= 15 is 0 Å². The second kappa shape index (κ2) is 4.85. The van der Waals surface area contributed by atoms with Crippen LogP contribution < -0.4 is 10.5 Å². The van der Waals surface area contributed by atoms with Gasteiger partial charge in [0.1, 0.15) is 0 Å². The second-order valence-electron chi connectivity index (χ2n) is 4.75. The van der Waals surface area contributed by atoms with Crippen LogP contribution in [-0.2, 0) is 10.0 Å². The maximum atomic E-state index is 12.0. The third kappa shape index (κ3) is 2.92. The van der Waals surface area contributed by atoms with Crippen molar-refractivity contribution in [3.63, 3.8) is 0 Å². The van der Waals surface area contributed by atoms with Gasteiger partial charge in [-0.3, -0.25) is 4.72 Å². The molecule has 1 rings (SSSR count). The maximum Gasteiger partial charge on any atom is 0.237 e. The van der Waals surface area contributed by atoms with Gasteiger partial charge in [0.15, 0.2) is 5.84 Å². The van der Waals surface area contributed by atoms with Crippen LogP contribution in [0.15, 0.2) is 29.4 Å². The van der Waals surface area contributed by atoms with Crippen molar-refractivity contribution in [2.24, 2.45) is 10.9 Å². The summed E-state index contributed by atoms with van der Waals surface area (Å²) in [6.07, 6.45) is 0. The number of oxime groups is 1. The Balaban J connectivity index is 3.22. The summed E-state index contributed by atoms with van der Waals surface area (Å²) in [5.74, 6) is -0.151. The lowest BCUT2D eigenvalue weighted by molar-refractivity contribution is 0.318. The maximum absolute atomic E-state index is 12.0. The molecule has 0 aromatic heterocycles. The van der Waals surface area contributed by atoms with Crippen molar-refractivity contribution in [2.45, 2.75) is 25.5 Å². The van der Waals surface area contributed by atoms with Crippen LogP contribution in [0.4, 0.5) is 5.69 Å². The Morgan fingerprint density at radius 3 is 2.39 bits per heavy atom. The lowest BCUT2D eigenvalue weighted by atomic mass is 10.2. The van der Waals surface area contributed by atoms with Gasteiger partial charge >= 0.3 is 0 Å². The molecule has 0 bridgehead atoms. The molecule has 100 valence electrons. The molecular weight excluding hydrogens is 254 g/mol. The Bertz CT molecular complexity index is 559. The Kier molecular flexibility index (Phi) is 3.85. The topological polar surface area (TPSA) is 105 Å². The van der Waals surface area contributed by atoms with Crippen LogP contribution in [-0.4, -0.2) is 24.2 Å². The monoisotopic (exact) mass is 271 g/mol. The van der Waals surface area contributed by atoms with E-state index in [0.29, 0.717) is 5.56 Å². The minimum absolute atomic E-state index is 0.151. The fraction of sp³-hybridized carbons (Fsp3) is 0.364. The van der Waals surface area contributed by atoms with Crippen LogP contribution in [0.3, 0.4) is 0 Å². The number of nitrogens with two attached hydrogens (primary N) is 1. The fourth-order valence-electron chi connectivity index (χ4n) is 1.15. The Morgan fingerprint density at radius 1 is 1.33 bits per heavy atom. The van der Waals surface area contributed by atoms with Crippen molar-refractivity contribution in [2.75, 3.05) is 4.72 Å². The van der Waals surface area contributed by atoms with Gasteiger partial charge in [0, 0.05) is 5.56 Å². The molecule has 0 amide bonds. The third-order valence-electron chi connectivity index (χ3n) is 2.36. The molecule has 0 spiro atoms. The molecule has 7 heteroatoms. The average Bonchev–Trinajstić information content (AvgIpc) is 2.26. The van der Waals surface area contributed by atoms with Gasteiger partial charge in [0.05, 0.1) is 10.4 Å². The second-order valence-corrected chi connectivity index (χ2v) is 7.18. The van der Waals surface area contributed by atoms with Crippen molar-refractivity contribution in [3.05, 3.63) is 29.8 Å². The molecule has 0 atom stereocenters. The van der Waals surface area contributed by atoms with E-state index in [4.69, 9.17) is 10.9 Å². The summed E-state index contributed by atoms with van der Waals surface area (Å²) in [5.41, 5.74) is 6.10. The van der Waals surface area contributed by atoms with Crippen LogP contribution in [0, 0.1) is 0 Å². The van der Waals surface area contributed by atoms with E-state index in [1.165, 1.54) is 0 Å². The number of para-hydroxylation sites is 1. The number of rotatable bonds is 3. The highest BCUT2D eigenvalue weighted by molar-refractivity contribution is 7.94. The third-order valence-corrected chi connectivity index (χ3v) is 4.46. The number of nitrogens with zero attached hydrogens (tertiary/aromatic N) is 1. The Hall–Kier alpha value is -1.76. The Labute approximate surface area is 107 Å². The zero-order valence-electron chi connectivity index (χ0n) is 10.5. The highest BCUT2D eigenvalue weighted by atomic mass is 32.2. The van der Waals surface area contributed by atoms with E-state index in [1.54, 1.807) is 45.0 Å². The van der Waals surface area contributed by atoms with Gasteiger partial charge in [0.2, 0.25) is 10.0 Å². The number of hydrogen-bond acceptors (Lipinski definition) is 4. The van der Waals surface area contributed by atoms with Gasteiger partial charge in [-0.05, 0) is 32.9 Å². The summed E-state index contributed by atoms with van der Waals surface area (Å²) < 4.78 is 25.5. The van der Waals surface area contributed by atoms with E-state index in [0.717, 1.165) is 0 Å². The zero-order valence-corrected chi connectivity index (χ0v) is 11.3. The summed E-state index contributed by atoms with van der Waals surface area (Å²) >= 11 is 0. The molecule has 0 aliphatic rings. The predicted molar refractivity (Wildman–Crippen MR) is 71.2 cm³/mol. The van der Waals surface area contributed by atoms with E-state index in [-0.39, 0.29) is 11.5 Å². The average molecular weight is 271 g/mol. The van der Waals surface area contributed by atoms with Crippen LogP contribution in [0.25, 0.3) is 0 Å². The van der Waals surface area contributed by atoms with Crippen molar-refractivity contribution < 1.29 is 13.6 Å². The molecule has 1 aromatic rings. The highest BCUT2D eigenvalue weighted by Crippen LogP contribution is 2.22. The molecule has 0 unspecified atom stereocenters. The van der Waals surface area contributed by atoms with Gasteiger partial charge in [-0.1, -0.05) is 17.3 Å². The first kappa shape index (κ1) is 14.3. The largest absolute Gasteiger partial charge is 0.409 e. The number of anilines is 1. The molecule has 4 N–H and O–H groups in total. The van der Waals surface area contributed by atoms with E-state index < -0.39 is 14.8 Å². The summed E-state index contributed by atoms with van der Waals surface area (Å²) in [4.78, 5) is 0. The lowest BCUT2D eigenvalue weighted by Crippen LogP contribution is -2.34. The summed E-state index contributed by atoms with van der Waals surface area (Å²) in [5, 5.41) is 11.5. The number of benzene rings is 1. The number of nitrogens with one attached hydrogen (secondary N) is 1. The summed E-state index contributed by atoms with van der Waals surface area (Å²) in [6.45, 7) is 4.75. The van der Waals surface area contributed by atoms with Gasteiger partial charge in [0.25, 0.3) is 0 Å². The zero-order chi connectivity index (χ0) is 14.0. The number of sulfonamides is 1. The SMILES string of the molecule is CC(C)(C)S(=O)(=O)Nc1ccccc1C(N)=NO. The normalized spacial score (nSPS) is 13.4. The molecule has 0 aliphatic heterocycles. The molecule has 0 aliphatic carbocycles. The summed E-state index contributed by atoms with van der Waals surface area (Å²) in [6, 6.07) is 6.45. The van der Waals surface area contributed by atoms with Crippen molar-refractivity contribution in [1.29, 1.82) is 0 Å². The first-order valence-corrected chi connectivity index (χ1v) is 6.76. The predicted octanol–water partition coefficient (Wildman–Crippen LogP) is 1.32. The molecule has 0 saturated heterocycles. The van der Waals surface area contributed by atoms with E-state index in [9.17, 15) is 8.42 Å². The Morgan fingerprint density at radius 2 is 1.89 bits per heavy atom. The minimum atomic E-state index is -3.56. The minimum Gasteiger partial charge on any atom is -0.409 e. The first-order valence-electron chi connectivity index (χ1n) is 5.28. The van der Waals surface area contributed by atoms with Crippen molar-refractivity contribution in [3.8, 4) is 0 Å². The smallest absolute Gasteiger partial charge is 0.237 e. The molecule has 0 fully saturated rings. The van der Waals surface area contributed by atoms with Crippen LogP contribution >= 0.6 is 0 Å². The van der Waals surface area contributed by atoms with Gasteiger partial charge < -0.3 is 10.9 Å². The molecule has 0 saturated carbocycles. The van der Waals surface area contributed by atoms with Crippen LogP contribution in [0.1, 0.15) is 26.3 Å². The number of amidine groups is 1. The fourth-order valence-corrected chi connectivity index (χ4v) is 1.92. The number of hydrogen-bond donors (Lipinski definition) is 3. The van der Waals surface area contributed by atoms with Crippen LogP contribution in [0.2, 0.25) is 0 Å². The van der Waals surface area contributed by atoms with Gasteiger partial charge in [-0.2, -0.15) is 0 Å². The molecule has 1 aromatic carbocycles. The first-order chi connectivity index (χ1) is 8.19. The van der Waals surface area contributed by atoms with Crippen molar-refractivity contribution >= 4 is 21.5 Å². The van der Waals surface area contributed by atoms with E-state index in [2.05, 4.69) is 9.88 Å². The molecule has 18 heavy (non-hydrogen) atoms. The molecule has 0 radical (unpaired) electrons. The lowest BCUT2D eigenvalue weighted by Gasteiger charge is -2.21.